The first-order valence-corrected chi connectivity index (χ1v) is 5.73. The normalized spacial score (nSPS) is 17.4. The van der Waals surface area contributed by atoms with Gasteiger partial charge in [0.2, 0.25) is 5.91 Å². The highest BCUT2D eigenvalue weighted by Crippen LogP contribution is 2.28. The van der Waals surface area contributed by atoms with Gasteiger partial charge in [-0.1, -0.05) is 6.07 Å². The van der Waals surface area contributed by atoms with Crippen molar-refractivity contribution in [2.24, 2.45) is 11.1 Å². The van der Waals surface area contributed by atoms with Crippen LogP contribution < -0.4 is 11.1 Å². The average Bonchev–Trinajstić information content (AvgIpc) is 2.14. The van der Waals surface area contributed by atoms with Crippen molar-refractivity contribution in [2.45, 2.75) is 13.8 Å². The first-order chi connectivity index (χ1) is 8.05. The first kappa shape index (κ1) is 12.1. The van der Waals surface area contributed by atoms with Gasteiger partial charge in [-0.3, -0.25) is 4.79 Å². The molecule has 0 saturated carbocycles. The lowest BCUT2D eigenvalue weighted by Gasteiger charge is -2.38. The van der Waals surface area contributed by atoms with Gasteiger partial charge < -0.3 is 15.8 Å². The van der Waals surface area contributed by atoms with Crippen molar-refractivity contribution in [3.63, 3.8) is 0 Å². The number of carbonyl (C=O) groups is 1. The number of ether oxygens (including phenoxy) is 1. The summed E-state index contributed by atoms with van der Waals surface area (Å²) in [5.41, 5.74) is 8.20. The third-order valence-electron chi connectivity index (χ3n) is 3.11. The van der Waals surface area contributed by atoms with Gasteiger partial charge in [-0.05, 0) is 37.1 Å². The fraction of sp³-hybridized carbons (Fsp3) is 0.462. The Morgan fingerprint density at radius 3 is 2.35 bits per heavy atom. The molecule has 0 aromatic heterocycles. The van der Waals surface area contributed by atoms with Crippen molar-refractivity contribution in [1.82, 2.24) is 0 Å². The van der Waals surface area contributed by atoms with Gasteiger partial charge in [0.05, 0.1) is 13.2 Å². The topological polar surface area (TPSA) is 64.4 Å². The third kappa shape index (κ3) is 2.33. The molecule has 1 aliphatic rings. The number of nitrogens with one attached hydrogen (secondary N) is 1. The van der Waals surface area contributed by atoms with E-state index < -0.39 is 5.41 Å². The average molecular weight is 234 g/mol. The molecule has 0 atom stereocenters. The summed E-state index contributed by atoms with van der Waals surface area (Å²) in [4.78, 5) is 12.1. The quantitative estimate of drug-likeness (QED) is 0.826. The van der Waals surface area contributed by atoms with Gasteiger partial charge in [0.25, 0.3) is 0 Å². The number of anilines is 1. The standard InChI is InChI=1S/C13H18N2O2/c1-9-3-10(2)5-11(4-9)15-12(16)13(6-14)7-17-8-13/h3-5H,6-8,14H2,1-2H3,(H,15,16). The Morgan fingerprint density at radius 1 is 1.35 bits per heavy atom. The maximum atomic E-state index is 12.1. The maximum absolute atomic E-state index is 12.1. The summed E-state index contributed by atoms with van der Waals surface area (Å²) < 4.78 is 5.09. The monoisotopic (exact) mass is 234 g/mol. The van der Waals surface area contributed by atoms with Crippen molar-refractivity contribution in [3.05, 3.63) is 29.3 Å². The summed E-state index contributed by atoms with van der Waals surface area (Å²) in [6.07, 6.45) is 0. The second-order valence-corrected chi connectivity index (χ2v) is 4.81. The molecular weight excluding hydrogens is 216 g/mol. The third-order valence-corrected chi connectivity index (χ3v) is 3.11. The summed E-state index contributed by atoms with van der Waals surface area (Å²) >= 11 is 0. The molecule has 0 aliphatic carbocycles. The highest BCUT2D eigenvalue weighted by molar-refractivity contribution is 5.96. The summed E-state index contributed by atoms with van der Waals surface area (Å²) in [5.74, 6) is -0.0451. The molecule has 4 heteroatoms. The van der Waals surface area contributed by atoms with E-state index in [1.807, 2.05) is 26.0 Å². The van der Waals surface area contributed by atoms with Gasteiger partial charge in [-0.2, -0.15) is 0 Å². The van der Waals surface area contributed by atoms with E-state index in [0.29, 0.717) is 19.8 Å². The number of rotatable bonds is 3. The van der Waals surface area contributed by atoms with E-state index in [4.69, 9.17) is 10.5 Å². The molecule has 1 fully saturated rings. The lowest BCUT2D eigenvalue weighted by Crippen LogP contribution is -2.56. The largest absolute Gasteiger partial charge is 0.379 e. The maximum Gasteiger partial charge on any atom is 0.236 e. The van der Waals surface area contributed by atoms with Crippen molar-refractivity contribution >= 4 is 11.6 Å². The van der Waals surface area contributed by atoms with Crippen LogP contribution in [0.25, 0.3) is 0 Å². The summed E-state index contributed by atoms with van der Waals surface area (Å²) in [5, 5.41) is 2.92. The second-order valence-electron chi connectivity index (χ2n) is 4.81. The van der Waals surface area contributed by atoms with Crippen LogP contribution in [-0.2, 0) is 9.53 Å². The number of hydrogen-bond acceptors (Lipinski definition) is 3. The van der Waals surface area contributed by atoms with E-state index in [0.717, 1.165) is 16.8 Å². The molecule has 3 N–H and O–H groups in total. The molecule has 17 heavy (non-hydrogen) atoms. The lowest BCUT2D eigenvalue weighted by atomic mass is 9.85. The summed E-state index contributed by atoms with van der Waals surface area (Å²) in [7, 11) is 0. The van der Waals surface area contributed by atoms with Crippen LogP contribution in [-0.4, -0.2) is 25.7 Å². The van der Waals surface area contributed by atoms with E-state index in [1.165, 1.54) is 0 Å². The molecule has 1 aromatic rings. The van der Waals surface area contributed by atoms with Crippen LogP contribution >= 0.6 is 0 Å². The zero-order valence-electron chi connectivity index (χ0n) is 10.2. The highest BCUT2D eigenvalue weighted by atomic mass is 16.5. The summed E-state index contributed by atoms with van der Waals surface area (Å²) in [6, 6.07) is 5.98. The van der Waals surface area contributed by atoms with Gasteiger partial charge in [0, 0.05) is 12.2 Å². The highest BCUT2D eigenvalue weighted by Gasteiger charge is 2.44. The molecule has 0 spiro atoms. The smallest absolute Gasteiger partial charge is 0.236 e. The Hall–Kier alpha value is -1.39. The molecule has 1 aliphatic heterocycles. The lowest BCUT2D eigenvalue weighted by molar-refractivity contribution is -0.153. The number of aryl methyl sites for hydroxylation is 2. The minimum absolute atomic E-state index is 0.0451. The van der Waals surface area contributed by atoms with Crippen LogP contribution in [0, 0.1) is 19.3 Å². The van der Waals surface area contributed by atoms with E-state index >= 15 is 0 Å². The molecule has 0 unspecified atom stereocenters. The number of carbonyl (C=O) groups excluding carboxylic acids is 1. The van der Waals surface area contributed by atoms with Crippen LogP contribution in [0.5, 0.6) is 0 Å². The molecule has 1 saturated heterocycles. The Balaban J connectivity index is 2.12. The van der Waals surface area contributed by atoms with Crippen LogP contribution in [0.1, 0.15) is 11.1 Å². The molecular formula is C13H18N2O2. The zero-order valence-corrected chi connectivity index (χ0v) is 10.2. The van der Waals surface area contributed by atoms with Crippen LogP contribution in [0.4, 0.5) is 5.69 Å². The molecule has 1 aromatic carbocycles. The van der Waals surface area contributed by atoms with Crippen molar-refractivity contribution in [3.8, 4) is 0 Å². The van der Waals surface area contributed by atoms with Crippen molar-refractivity contribution in [1.29, 1.82) is 0 Å². The van der Waals surface area contributed by atoms with Crippen molar-refractivity contribution in [2.75, 3.05) is 25.1 Å². The predicted molar refractivity (Wildman–Crippen MR) is 66.9 cm³/mol. The molecule has 0 radical (unpaired) electrons. The molecule has 4 nitrogen and oxygen atoms in total. The number of benzene rings is 1. The fourth-order valence-electron chi connectivity index (χ4n) is 2.00. The second kappa shape index (κ2) is 4.47. The van der Waals surface area contributed by atoms with Gasteiger partial charge in [0.1, 0.15) is 5.41 Å². The van der Waals surface area contributed by atoms with Crippen molar-refractivity contribution < 1.29 is 9.53 Å². The van der Waals surface area contributed by atoms with E-state index in [-0.39, 0.29) is 5.91 Å². The van der Waals surface area contributed by atoms with E-state index in [2.05, 4.69) is 11.4 Å². The Kier molecular flexibility index (Phi) is 3.17. The SMILES string of the molecule is Cc1cc(C)cc(NC(=O)C2(CN)COC2)c1. The molecule has 1 amide bonds. The van der Waals surface area contributed by atoms with Gasteiger partial charge in [-0.25, -0.2) is 0 Å². The first-order valence-electron chi connectivity index (χ1n) is 5.73. The number of nitrogens with two attached hydrogens (primary N) is 1. The minimum Gasteiger partial charge on any atom is -0.379 e. The Labute approximate surface area is 101 Å². The molecule has 2 rings (SSSR count). The minimum atomic E-state index is -0.530. The van der Waals surface area contributed by atoms with Crippen LogP contribution in [0.15, 0.2) is 18.2 Å². The van der Waals surface area contributed by atoms with Crippen LogP contribution in [0.2, 0.25) is 0 Å². The fourth-order valence-corrected chi connectivity index (χ4v) is 2.00. The van der Waals surface area contributed by atoms with Gasteiger partial charge in [0.15, 0.2) is 0 Å². The van der Waals surface area contributed by atoms with Gasteiger partial charge >= 0.3 is 0 Å². The number of amides is 1. The molecule has 1 heterocycles. The molecule has 92 valence electrons. The van der Waals surface area contributed by atoms with Gasteiger partial charge in [-0.15, -0.1) is 0 Å². The Morgan fingerprint density at radius 2 is 1.94 bits per heavy atom. The number of hydrogen-bond donors (Lipinski definition) is 2. The van der Waals surface area contributed by atoms with Crippen LogP contribution in [0.3, 0.4) is 0 Å². The summed E-state index contributed by atoms with van der Waals surface area (Å²) in [6.45, 7) is 5.17. The zero-order chi connectivity index (χ0) is 12.5. The molecule has 0 bridgehead atoms. The van der Waals surface area contributed by atoms with E-state index in [9.17, 15) is 4.79 Å². The van der Waals surface area contributed by atoms with E-state index in [1.54, 1.807) is 0 Å². The Bertz CT molecular complexity index is 413. The predicted octanol–water partition coefficient (Wildman–Crippen LogP) is 1.22.